The van der Waals surface area contributed by atoms with Gasteiger partial charge in [-0.25, -0.2) is 4.98 Å². The zero-order valence-corrected chi connectivity index (χ0v) is 16.9. The summed E-state index contributed by atoms with van der Waals surface area (Å²) in [5.41, 5.74) is 0.338. The van der Waals surface area contributed by atoms with Gasteiger partial charge in [0.1, 0.15) is 5.82 Å². The average molecular weight is 428 g/mol. The number of carbonyl (C=O) groups is 1. The molecule has 4 rings (SSSR count). The molecule has 0 aliphatic carbocycles. The summed E-state index contributed by atoms with van der Waals surface area (Å²) in [6, 6.07) is 14.6. The van der Waals surface area contributed by atoms with Crippen molar-refractivity contribution >= 4 is 5.91 Å². The Kier molecular flexibility index (Phi) is 6.08. The van der Waals surface area contributed by atoms with E-state index in [0.29, 0.717) is 26.2 Å². The first-order chi connectivity index (χ1) is 14.9. The SMILES string of the molecule is O=C(c1cccc(C(F)(F)F)c1)N1CCN(CCn2ccnc2-c2ccccc2)CC1. The average Bonchev–Trinajstić information content (AvgIpc) is 3.26. The van der Waals surface area contributed by atoms with E-state index in [1.165, 1.54) is 12.1 Å². The lowest BCUT2D eigenvalue weighted by atomic mass is 10.1. The number of benzene rings is 2. The smallest absolute Gasteiger partial charge is 0.336 e. The van der Waals surface area contributed by atoms with Gasteiger partial charge in [-0.2, -0.15) is 13.2 Å². The molecule has 3 aromatic rings. The highest BCUT2D eigenvalue weighted by atomic mass is 19.4. The second-order valence-electron chi connectivity index (χ2n) is 7.52. The van der Waals surface area contributed by atoms with Gasteiger partial charge >= 0.3 is 6.18 Å². The molecule has 1 fully saturated rings. The summed E-state index contributed by atoms with van der Waals surface area (Å²) in [6.07, 6.45) is -0.718. The first-order valence-corrected chi connectivity index (χ1v) is 10.2. The van der Waals surface area contributed by atoms with E-state index in [1.54, 1.807) is 11.1 Å². The molecular formula is C23H23F3N4O. The number of aromatic nitrogens is 2. The number of hydrogen-bond acceptors (Lipinski definition) is 3. The van der Waals surface area contributed by atoms with Crippen molar-refractivity contribution in [2.45, 2.75) is 12.7 Å². The molecule has 1 amide bonds. The number of halogens is 3. The minimum Gasteiger partial charge on any atom is -0.336 e. The normalized spacial score (nSPS) is 15.3. The van der Waals surface area contributed by atoms with Gasteiger partial charge in [0.2, 0.25) is 0 Å². The van der Waals surface area contributed by atoms with Crippen molar-refractivity contribution in [2.75, 3.05) is 32.7 Å². The highest BCUT2D eigenvalue weighted by molar-refractivity contribution is 5.94. The summed E-state index contributed by atoms with van der Waals surface area (Å²) >= 11 is 0. The third-order valence-corrected chi connectivity index (χ3v) is 5.50. The van der Waals surface area contributed by atoms with E-state index in [1.807, 2.05) is 36.5 Å². The third kappa shape index (κ3) is 4.96. The Bertz CT molecular complexity index is 1020. The Morgan fingerprint density at radius 1 is 0.935 bits per heavy atom. The third-order valence-electron chi connectivity index (χ3n) is 5.50. The Hall–Kier alpha value is -3.13. The molecule has 31 heavy (non-hydrogen) atoms. The molecule has 8 heteroatoms. The highest BCUT2D eigenvalue weighted by Crippen LogP contribution is 2.29. The predicted molar refractivity (Wildman–Crippen MR) is 111 cm³/mol. The molecule has 162 valence electrons. The Morgan fingerprint density at radius 3 is 2.39 bits per heavy atom. The fourth-order valence-corrected chi connectivity index (χ4v) is 3.77. The molecule has 1 aliphatic rings. The summed E-state index contributed by atoms with van der Waals surface area (Å²) in [5.74, 6) is 0.561. The molecule has 2 aromatic carbocycles. The second-order valence-corrected chi connectivity index (χ2v) is 7.52. The van der Waals surface area contributed by atoms with Crippen LogP contribution in [0, 0.1) is 0 Å². The van der Waals surface area contributed by atoms with Crippen LogP contribution in [0.2, 0.25) is 0 Å². The van der Waals surface area contributed by atoms with E-state index < -0.39 is 11.7 Å². The number of imidazole rings is 1. The van der Waals surface area contributed by atoms with Crippen LogP contribution in [-0.2, 0) is 12.7 Å². The van der Waals surface area contributed by atoms with E-state index in [0.717, 1.165) is 36.6 Å². The molecule has 1 saturated heterocycles. The van der Waals surface area contributed by atoms with Crippen LogP contribution in [0.5, 0.6) is 0 Å². The van der Waals surface area contributed by atoms with Crippen molar-refractivity contribution in [3.63, 3.8) is 0 Å². The molecule has 1 aromatic heterocycles. The quantitative estimate of drug-likeness (QED) is 0.616. The minimum absolute atomic E-state index is 0.0780. The zero-order chi connectivity index (χ0) is 21.8. The minimum atomic E-state index is -4.46. The van der Waals surface area contributed by atoms with Gasteiger partial charge in [0.15, 0.2) is 0 Å². The molecule has 0 bridgehead atoms. The van der Waals surface area contributed by atoms with E-state index in [4.69, 9.17) is 0 Å². The van der Waals surface area contributed by atoms with Crippen LogP contribution in [0.1, 0.15) is 15.9 Å². The maximum atomic E-state index is 12.9. The predicted octanol–water partition coefficient (Wildman–Crippen LogP) is 4.03. The van der Waals surface area contributed by atoms with Gasteiger partial charge in [-0.1, -0.05) is 36.4 Å². The summed E-state index contributed by atoms with van der Waals surface area (Å²) in [4.78, 5) is 21.0. The molecule has 0 saturated carbocycles. The molecule has 0 unspecified atom stereocenters. The van der Waals surface area contributed by atoms with Crippen molar-refractivity contribution in [1.82, 2.24) is 19.4 Å². The van der Waals surface area contributed by atoms with Gasteiger partial charge in [-0.05, 0) is 18.2 Å². The van der Waals surface area contributed by atoms with Crippen molar-refractivity contribution in [2.24, 2.45) is 0 Å². The number of amides is 1. The summed E-state index contributed by atoms with van der Waals surface area (Å²) in [5, 5.41) is 0. The number of carbonyl (C=O) groups excluding carboxylic acids is 1. The van der Waals surface area contributed by atoms with Gasteiger partial charge in [0.05, 0.1) is 5.56 Å². The van der Waals surface area contributed by atoms with Crippen LogP contribution in [0.15, 0.2) is 67.0 Å². The molecular weight excluding hydrogens is 405 g/mol. The number of nitrogens with zero attached hydrogens (tertiary/aromatic N) is 4. The van der Waals surface area contributed by atoms with Crippen LogP contribution in [0.3, 0.4) is 0 Å². The lowest BCUT2D eigenvalue weighted by Crippen LogP contribution is -2.49. The van der Waals surface area contributed by atoms with Crippen LogP contribution < -0.4 is 0 Å². The van der Waals surface area contributed by atoms with E-state index in [9.17, 15) is 18.0 Å². The van der Waals surface area contributed by atoms with Crippen LogP contribution in [-0.4, -0.2) is 58.0 Å². The Labute approximate surface area is 178 Å². The molecule has 1 aliphatic heterocycles. The monoisotopic (exact) mass is 428 g/mol. The van der Waals surface area contributed by atoms with Crippen LogP contribution in [0.4, 0.5) is 13.2 Å². The first kappa shape index (κ1) is 21.1. The molecule has 2 heterocycles. The number of rotatable bonds is 5. The maximum Gasteiger partial charge on any atom is 0.416 e. The highest BCUT2D eigenvalue weighted by Gasteiger charge is 2.31. The number of piperazine rings is 1. The van der Waals surface area contributed by atoms with Crippen LogP contribution in [0.25, 0.3) is 11.4 Å². The summed E-state index contributed by atoms with van der Waals surface area (Å²) in [7, 11) is 0. The topological polar surface area (TPSA) is 41.4 Å². The Morgan fingerprint density at radius 2 is 1.68 bits per heavy atom. The zero-order valence-electron chi connectivity index (χ0n) is 16.9. The largest absolute Gasteiger partial charge is 0.416 e. The number of hydrogen-bond donors (Lipinski definition) is 0. The van der Waals surface area contributed by atoms with Gasteiger partial charge in [-0.15, -0.1) is 0 Å². The van der Waals surface area contributed by atoms with Crippen LogP contribution >= 0.6 is 0 Å². The molecule has 0 spiro atoms. The van der Waals surface area contributed by atoms with Crippen molar-refractivity contribution in [3.05, 3.63) is 78.1 Å². The molecule has 0 N–H and O–H groups in total. The summed E-state index contributed by atoms with van der Waals surface area (Å²) in [6.45, 7) is 3.92. The van der Waals surface area contributed by atoms with Gasteiger partial charge in [0.25, 0.3) is 5.91 Å². The maximum absolute atomic E-state index is 12.9. The van der Waals surface area contributed by atoms with Crippen molar-refractivity contribution < 1.29 is 18.0 Å². The fraction of sp³-hybridized carbons (Fsp3) is 0.304. The summed E-state index contributed by atoms with van der Waals surface area (Å²) < 4.78 is 40.9. The lowest BCUT2D eigenvalue weighted by molar-refractivity contribution is -0.137. The van der Waals surface area contributed by atoms with Gasteiger partial charge in [-0.3, -0.25) is 9.69 Å². The first-order valence-electron chi connectivity index (χ1n) is 10.2. The van der Waals surface area contributed by atoms with E-state index >= 15 is 0 Å². The standard InChI is InChI=1S/C23H23F3N4O/c24-23(25,26)20-8-4-7-19(17-20)22(31)30-15-12-28(13-16-30)11-14-29-10-9-27-21(29)18-5-2-1-3-6-18/h1-10,17H,11-16H2. The molecule has 0 radical (unpaired) electrons. The van der Waals surface area contributed by atoms with Gasteiger partial charge in [0, 0.05) is 62.8 Å². The number of alkyl halides is 3. The lowest BCUT2D eigenvalue weighted by Gasteiger charge is -2.35. The molecule has 5 nitrogen and oxygen atoms in total. The van der Waals surface area contributed by atoms with Crippen molar-refractivity contribution in [3.8, 4) is 11.4 Å². The second kappa shape index (κ2) is 8.93. The fourth-order valence-electron chi connectivity index (χ4n) is 3.77. The van der Waals surface area contributed by atoms with Gasteiger partial charge < -0.3 is 9.47 Å². The van der Waals surface area contributed by atoms with E-state index in [2.05, 4.69) is 14.5 Å². The molecule has 0 atom stereocenters. The van der Waals surface area contributed by atoms with Crippen molar-refractivity contribution in [1.29, 1.82) is 0 Å². The Balaban J connectivity index is 1.32. The van der Waals surface area contributed by atoms with E-state index in [-0.39, 0.29) is 11.5 Å².